The topological polar surface area (TPSA) is 60.9 Å². The van der Waals surface area contributed by atoms with Crippen molar-refractivity contribution in [2.24, 2.45) is 0 Å². The van der Waals surface area contributed by atoms with Crippen LogP contribution in [0.15, 0.2) is 0 Å². The van der Waals surface area contributed by atoms with Crippen molar-refractivity contribution in [3.63, 3.8) is 0 Å². The molecular weight excluding hydrogens is 196 g/mol. The third kappa shape index (κ3) is 3.51. The van der Waals surface area contributed by atoms with Crippen molar-refractivity contribution in [3.05, 3.63) is 0 Å². The Morgan fingerprint density at radius 3 is 1.93 bits per heavy atom. The molecule has 1 unspecified atom stereocenters. The van der Waals surface area contributed by atoms with Crippen LogP contribution < -0.4 is 0 Å². The van der Waals surface area contributed by atoms with E-state index in [0.29, 0.717) is 0 Å². The van der Waals surface area contributed by atoms with E-state index in [0.717, 1.165) is 19.5 Å². The number of carbonyl (C=O) groups is 2. The van der Waals surface area contributed by atoms with Gasteiger partial charge in [-0.25, -0.2) is 4.79 Å². The molecule has 0 saturated carbocycles. The second-order valence-corrected chi connectivity index (χ2v) is 3.33. The first-order valence-corrected chi connectivity index (χ1v) is 5.23. The maximum Gasteiger partial charge on any atom is 0.394 e. The Hall–Kier alpha value is -1.10. The van der Waals surface area contributed by atoms with Crippen LogP contribution in [0.5, 0.6) is 0 Å². The lowest BCUT2D eigenvalue weighted by atomic mass is 10.2. The van der Waals surface area contributed by atoms with E-state index in [4.69, 9.17) is 5.11 Å². The molecule has 0 bridgehead atoms. The molecule has 0 aromatic rings. The Morgan fingerprint density at radius 1 is 1.20 bits per heavy atom. The van der Waals surface area contributed by atoms with E-state index in [1.807, 2.05) is 20.8 Å². The molecular formula is C10H20N2O3. The highest BCUT2D eigenvalue weighted by Crippen LogP contribution is 2.08. The number of carbonyl (C=O) groups excluding carboxylic acids is 1. The number of hydrogen-bond acceptors (Lipinski definition) is 3. The maximum absolute atomic E-state index is 11.3. The monoisotopic (exact) mass is 216 g/mol. The molecule has 1 atom stereocenters. The molecule has 0 aromatic heterocycles. The molecule has 0 saturated heterocycles. The van der Waals surface area contributed by atoms with E-state index in [1.165, 1.54) is 11.9 Å². The number of rotatable bonds is 5. The van der Waals surface area contributed by atoms with Gasteiger partial charge in [-0.3, -0.25) is 9.69 Å². The summed E-state index contributed by atoms with van der Waals surface area (Å²) < 4.78 is 0. The highest BCUT2D eigenvalue weighted by molar-refractivity contribution is 6.31. The summed E-state index contributed by atoms with van der Waals surface area (Å²) in [6.45, 7) is 7.52. The average molecular weight is 216 g/mol. The molecule has 0 aliphatic rings. The molecule has 0 radical (unpaired) electrons. The lowest BCUT2D eigenvalue weighted by Crippen LogP contribution is -2.50. The van der Waals surface area contributed by atoms with Gasteiger partial charge in [-0.1, -0.05) is 20.8 Å². The molecule has 88 valence electrons. The van der Waals surface area contributed by atoms with Gasteiger partial charge in [0.25, 0.3) is 0 Å². The van der Waals surface area contributed by atoms with Gasteiger partial charge in [0, 0.05) is 7.05 Å². The number of carboxylic acid groups (broad SMARTS) is 1. The minimum Gasteiger partial charge on any atom is -0.474 e. The van der Waals surface area contributed by atoms with Crippen LogP contribution in [0.1, 0.15) is 27.2 Å². The Balaban J connectivity index is 4.65. The summed E-state index contributed by atoms with van der Waals surface area (Å²) in [5, 5.41) is 8.61. The molecule has 0 rings (SSSR count). The lowest BCUT2D eigenvalue weighted by Gasteiger charge is -2.35. The second kappa shape index (κ2) is 6.40. The van der Waals surface area contributed by atoms with E-state index >= 15 is 0 Å². The van der Waals surface area contributed by atoms with E-state index in [9.17, 15) is 9.59 Å². The second-order valence-electron chi connectivity index (χ2n) is 3.33. The van der Waals surface area contributed by atoms with Gasteiger partial charge in [-0.15, -0.1) is 0 Å². The van der Waals surface area contributed by atoms with E-state index < -0.39 is 11.9 Å². The Labute approximate surface area is 90.7 Å². The fraction of sp³-hybridized carbons (Fsp3) is 0.800. The van der Waals surface area contributed by atoms with Crippen molar-refractivity contribution < 1.29 is 14.7 Å². The Bertz CT molecular complexity index is 227. The molecule has 0 fully saturated rings. The fourth-order valence-corrected chi connectivity index (χ4v) is 1.71. The van der Waals surface area contributed by atoms with Gasteiger partial charge in [-0.05, 0) is 19.5 Å². The first kappa shape index (κ1) is 13.9. The van der Waals surface area contributed by atoms with Gasteiger partial charge in [0.2, 0.25) is 0 Å². The number of aliphatic carboxylic acids is 1. The van der Waals surface area contributed by atoms with Gasteiger partial charge in [0.15, 0.2) is 0 Å². The lowest BCUT2D eigenvalue weighted by molar-refractivity contribution is -0.158. The average Bonchev–Trinajstić information content (AvgIpc) is 2.23. The van der Waals surface area contributed by atoms with Crippen molar-refractivity contribution in [1.29, 1.82) is 0 Å². The minimum atomic E-state index is -1.40. The fourth-order valence-electron chi connectivity index (χ4n) is 1.71. The molecule has 0 aliphatic carbocycles. The van der Waals surface area contributed by atoms with Gasteiger partial charge < -0.3 is 10.0 Å². The molecule has 1 N–H and O–H groups in total. The number of amides is 1. The number of carboxylic acids is 1. The van der Waals surface area contributed by atoms with Gasteiger partial charge in [-0.2, -0.15) is 0 Å². The van der Waals surface area contributed by atoms with Crippen molar-refractivity contribution in [2.45, 2.75) is 33.4 Å². The number of likely N-dealkylation sites (N-methyl/N-ethyl adjacent to an activating group) is 1. The van der Waals surface area contributed by atoms with Gasteiger partial charge in [0.1, 0.15) is 0 Å². The first-order valence-electron chi connectivity index (χ1n) is 5.23. The standard InChI is InChI=1S/C10H20N2O3/c1-5-8(12(6-2)7-3)11(4)9(13)10(14)15/h8H,5-7H2,1-4H3,(H,14,15). The van der Waals surface area contributed by atoms with Crippen LogP contribution in [-0.2, 0) is 9.59 Å². The zero-order valence-electron chi connectivity index (χ0n) is 9.86. The highest BCUT2D eigenvalue weighted by atomic mass is 16.4. The van der Waals surface area contributed by atoms with Crippen LogP contribution in [0.4, 0.5) is 0 Å². The normalized spacial score (nSPS) is 12.6. The van der Waals surface area contributed by atoms with E-state index in [2.05, 4.69) is 4.90 Å². The summed E-state index contributed by atoms with van der Waals surface area (Å²) in [5.74, 6) is -2.25. The summed E-state index contributed by atoms with van der Waals surface area (Å²) in [7, 11) is 1.53. The molecule has 0 heterocycles. The maximum atomic E-state index is 11.3. The Morgan fingerprint density at radius 2 is 1.67 bits per heavy atom. The number of nitrogens with zero attached hydrogens (tertiary/aromatic N) is 2. The summed E-state index contributed by atoms with van der Waals surface area (Å²) in [6, 6.07) is 0. The van der Waals surface area contributed by atoms with Crippen LogP contribution >= 0.6 is 0 Å². The summed E-state index contributed by atoms with van der Waals surface area (Å²) in [5.41, 5.74) is 0. The van der Waals surface area contributed by atoms with Crippen LogP contribution in [-0.4, -0.2) is 53.1 Å². The summed E-state index contributed by atoms with van der Waals surface area (Å²) in [4.78, 5) is 25.2. The molecule has 5 heteroatoms. The molecule has 0 spiro atoms. The molecule has 1 amide bonds. The van der Waals surface area contributed by atoms with Crippen LogP contribution in [0, 0.1) is 0 Å². The Kier molecular flexibility index (Phi) is 5.93. The van der Waals surface area contributed by atoms with E-state index in [1.54, 1.807) is 0 Å². The molecule has 5 nitrogen and oxygen atoms in total. The highest BCUT2D eigenvalue weighted by Gasteiger charge is 2.26. The summed E-state index contributed by atoms with van der Waals surface area (Å²) in [6.07, 6.45) is 0.584. The quantitative estimate of drug-likeness (QED) is 0.540. The van der Waals surface area contributed by atoms with Crippen LogP contribution in [0.3, 0.4) is 0 Å². The van der Waals surface area contributed by atoms with Gasteiger partial charge in [0.05, 0.1) is 6.17 Å². The summed E-state index contributed by atoms with van der Waals surface area (Å²) >= 11 is 0. The van der Waals surface area contributed by atoms with Gasteiger partial charge >= 0.3 is 11.9 Å². The predicted octanol–water partition coefficient (Wildman–Crippen LogP) is 0.607. The van der Waals surface area contributed by atoms with Crippen molar-refractivity contribution in [3.8, 4) is 0 Å². The van der Waals surface area contributed by atoms with Crippen molar-refractivity contribution >= 4 is 11.9 Å². The number of hydrogen-bond donors (Lipinski definition) is 1. The molecule has 0 aliphatic heterocycles. The van der Waals surface area contributed by atoms with E-state index in [-0.39, 0.29) is 6.17 Å². The first-order chi connectivity index (χ1) is 6.99. The smallest absolute Gasteiger partial charge is 0.394 e. The van der Waals surface area contributed by atoms with Crippen molar-refractivity contribution in [2.75, 3.05) is 20.1 Å². The zero-order chi connectivity index (χ0) is 12.0. The third-order valence-electron chi connectivity index (χ3n) is 2.55. The largest absolute Gasteiger partial charge is 0.474 e. The van der Waals surface area contributed by atoms with Crippen LogP contribution in [0.2, 0.25) is 0 Å². The van der Waals surface area contributed by atoms with Crippen LogP contribution in [0.25, 0.3) is 0 Å². The molecule has 15 heavy (non-hydrogen) atoms. The predicted molar refractivity (Wildman–Crippen MR) is 57.4 cm³/mol. The SMILES string of the molecule is CCC(N(CC)CC)N(C)C(=O)C(=O)O. The molecule has 0 aromatic carbocycles. The zero-order valence-corrected chi connectivity index (χ0v) is 9.86. The third-order valence-corrected chi connectivity index (χ3v) is 2.55. The van der Waals surface area contributed by atoms with Crippen molar-refractivity contribution in [1.82, 2.24) is 9.80 Å². The minimum absolute atomic E-state index is 0.136.